The van der Waals surface area contributed by atoms with Crippen molar-refractivity contribution in [1.29, 1.82) is 0 Å². The number of anilines is 1. The van der Waals surface area contributed by atoms with Gasteiger partial charge in [0.05, 0.1) is 5.69 Å². The van der Waals surface area contributed by atoms with Crippen molar-refractivity contribution < 1.29 is 0 Å². The van der Waals surface area contributed by atoms with Crippen LogP contribution < -0.4 is 5.32 Å². The fraction of sp³-hybridized carbons (Fsp3) is 0.750. The van der Waals surface area contributed by atoms with Crippen molar-refractivity contribution in [3.05, 3.63) is 10.6 Å². The van der Waals surface area contributed by atoms with Crippen LogP contribution in [0.5, 0.6) is 0 Å². The molecule has 0 bridgehead atoms. The van der Waals surface area contributed by atoms with Crippen LogP contribution in [0.2, 0.25) is 0 Å². The van der Waals surface area contributed by atoms with Gasteiger partial charge >= 0.3 is 0 Å². The molecule has 1 N–H and O–H groups in total. The molecule has 1 aromatic rings. The molecule has 0 saturated heterocycles. The Kier molecular flexibility index (Phi) is 3.29. The number of nitrogens with one attached hydrogen (secondary N) is 1. The first kappa shape index (κ1) is 10.9. The number of fused-ring (bicyclic) bond motifs is 1. The molecule has 0 radical (unpaired) electrons. The van der Waals surface area contributed by atoms with Crippen molar-refractivity contribution in [2.24, 2.45) is 11.8 Å². The van der Waals surface area contributed by atoms with Crippen LogP contribution in [0.4, 0.5) is 5.13 Å². The normalized spacial score (nSPS) is 20.4. The minimum atomic E-state index is 0.685. The molecule has 0 spiro atoms. The summed E-state index contributed by atoms with van der Waals surface area (Å²) in [6.07, 6.45) is 3.72. The van der Waals surface area contributed by atoms with E-state index in [0.29, 0.717) is 5.92 Å². The third kappa shape index (κ3) is 2.71. The molecule has 2 nitrogen and oxygen atoms in total. The Bertz CT molecular complexity index is 330. The van der Waals surface area contributed by atoms with Gasteiger partial charge in [0.1, 0.15) is 0 Å². The number of nitrogens with zero attached hydrogens (tertiary/aromatic N) is 1. The fourth-order valence-electron chi connectivity index (χ4n) is 1.91. The van der Waals surface area contributed by atoms with Gasteiger partial charge in [0.2, 0.25) is 0 Å². The molecule has 15 heavy (non-hydrogen) atoms. The van der Waals surface area contributed by atoms with E-state index < -0.39 is 0 Å². The summed E-state index contributed by atoms with van der Waals surface area (Å²) in [6, 6.07) is 0. The Morgan fingerprint density at radius 1 is 1.53 bits per heavy atom. The number of hydrogen-bond donors (Lipinski definition) is 1. The first-order chi connectivity index (χ1) is 7.15. The van der Waals surface area contributed by atoms with Crippen molar-refractivity contribution >= 4 is 16.5 Å². The largest absolute Gasteiger partial charge is 0.361 e. The Hall–Kier alpha value is -0.570. The smallest absolute Gasteiger partial charge is 0.183 e. The molecule has 2 rings (SSSR count). The van der Waals surface area contributed by atoms with Crippen LogP contribution in [0, 0.1) is 11.8 Å². The lowest BCUT2D eigenvalue weighted by Crippen LogP contribution is -2.09. The molecule has 1 aromatic heterocycles. The summed E-state index contributed by atoms with van der Waals surface area (Å²) in [5, 5.41) is 4.55. The van der Waals surface area contributed by atoms with Crippen LogP contribution in [0.15, 0.2) is 0 Å². The van der Waals surface area contributed by atoms with Crippen LogP contribution in [0.25, 0.3) is 0 Å². The number of thiazole rings is 1. The highest BCUT2D eigenvalue weighted by molar-refractivity contribution is 7.15. The molecular formula is C12H20N2S. The van der Waals surface area contributed by atoms with Gasteiger partial charge in [-0.15, -0.1) is 11.3 Å². The summed E-state index contributed by atoms with van der Waals surface area (Å²) in [5.41, 5.74) is 1.35. The summed E-state index contributed by atoms with van der Waals surface area (Å²) in [5.74, 6) is 1.53. The van der Waals surface area contributed by atoms with E-state index in [1.807, 2.05) is 11.3 Å². The van der Waals surface area contributed by atoms with Gasteiger partial charge in [0, 0.05) is 11.4 Å². The zero-order valence-corrected chi connectivity index (χ0v) is 10.7. The topological polar surface area (TPSA) is 24.9 Å². The maximum absolute atomic E-state index is 4.66. The van der Waals surface area contributed by atoms with Crippen LogP contribution in [-0.4, -0.2) is 11.5 Å². The molecule has 3 heteroatoms. The van der Waals surface area contributed by atoms with Crippen molar-refractivity contribution in [2.45, 2.75) is 40.0 Å². The molecule has 84 valence electrons. The highest BCUT2D eigenvalue weighted by atomic mass is 32.1. The molecule has 1 heterocycles. The van der Waals surface area contributed by atoms with Crippen LogP contribution >= 0.6 is 11.3 Å². The lowest BCUT2D eigenvalue weighted by atomic mass is 9.93. The quantitative estimate of drug-likeness (QED) is 0.852. The maximum Gasteiger partial charge on any atom is 0.183 e. The predicted octanol–water partition coefficient (Wildman–Crippen LogP) is 3.34. The average Bonchev–Trinajstić information content (AvgIpc) is 2.56. The second-order valence-electron chi connectivity index (χ2n) is 5.01. The SMILES string of the molecule is CC(C)CNc1nc2c(s1)CC(C)CC2. The predicted molar refractivity (Wildman–Crippen MR) is 66.6 cm³/mol. The van der Waals surface area contributed by atoms with E-state index in [-0.39, 0.29) is 0 Å². The zero-order valence-electron chi connectivity index (χ0n) is 9.84. The first-order valence-corrected chi connectivity index (χ1v) is 6.69. The summed E-state index contributed by atoms with van der Waals surface area (Å²) in [4.78, 5) is 6.18. The summed E-state index contributed by atoms with van der Waals surface area (Å²) in [6.45, 7) is 7.82. The fourth-order valence-corrected chi connectivity index (χ4v) is 3.08. The number of rotatable bonds is 3. The Morgan fingerprint density at radius 3 is 3.07 bits per heavy atom. The van der Waals surface area contributed by atoms with Gasteiger partial charge in [0.15, 0.2) is 5.13 Å². The van der Waals surface area contributed by atoms with Gasteiger partial charge < -0.3 is 5.32 Å². The molecule has 0 amide bonds. The summed E-state index contributed by atoms with van der Waals surface area (Å²) in [7, 11) is 0. The van der Waals surface area contributed by atoms with Crippen molar-refractivity contribution in [1.82, 2.24) is 4.98 Å². The van der Waals surface area contributed by atoms with E-state index in [9.17, 15) is 0 Å². The highest BCUT2D eigenvalue weighted by Gasteiger charge is 2.19. The minimum absolute atomic E-state index is 0.685. The van der Waals surface area contributed by atoms with Gasteiger partial charge in [0.25, 0.3) is 0 Å². The van der Waals surface area contributed by atoms with E-state index >= 15 is 0 Å². The maximum atomic E-state index is 4.66. The summed E-state index contributed by atoms with van der Waals surface area (Å²) >= 11 is 1.86. The van der Waals surface area contributed by atoms with Gasteiger partial charge in [-0.2, -0.15) is 0 Å². The molecule has 1 aliphatic rings. The van der Waals surface area contributed by atoms with Crippen molar-refractivity contribution in [3.8, 4) is 0 Å². The van der Waals surface area contributed by atoms with Gasteiger partial charge in [-0.25, -0.2) is 4.98 Å². The molecule has 0 aliphatic heterocycles. The Balaban J connectivity index is 2.03. The van der Waals surface area contributed by atoms with Gasteiger partial charge in [-0.3, -0.25) is 0 Å². The third-order valence-electron chi connectivity index (χ3n) is 2.85. The van der Waals surface area contributed by atoms with Crippen molar-refractivity contribution in [2.75, 3.05) is 11.9 Å². The highest BCUT2D eigenvalue weighted by Crippen LogP contribution is 2.31. The molecule has 1 atom stereocenters. The van der Waals surface area contributed by atoms with Gasteiger partial charge in [-0.1, -0.05) is 20.8 Å². The van der Waals surface area contributed by atoms with E-state index in [1.165, 1.54) is 29.8 Å². The van der Waals surface area contributed by atoms with Crippen LogP contribution in [0.1, 0.15) is 37.8 Å². The van der Waals surface area contributed by atoms with Gasteiger partial charge in [-0.05, 0) is 31.1 Å². The van der Waals surface area contributed by atoms with E-state index in [0.717, 1.165) is 17.6 Å². The third-order valence-corrected chi connectivity index (χ3v) is 3.93. The minimum Gasteiger partial charge on any atom is -0.361 e. The number of aryl methyl sites for hydroxylation is 1. The monoisotopic (exact) mass is 224 g/mol. The van der Waals surface area contributed by atoms with E-state index in [1.54, 1.807) is 0 Å². The Morgan fingerprint density at radius 2 is 2.33 bits per heavy atom. The summed E-state index contributed by atoms with van der Waals surface area (Å²) < 4.78 is 0. The zero-order chi connectivity index (χ0) is 10.8. The van der Waals surface area contributed by atoms with Crippen LogP contribution in [0.3, 0.4) is 0 Å². The molecule has 0 aromatic carbocycles. The van der Waals surface area contributed by atoms with E-state index in [2.05, 4.69) is 31.1 Å². The Labute approximate surface area is 96.1 Å². The second kappa shape index (κ2) is 4.52. The lowest BCUT2D eigenvalue weighted by molar-refractivity contribution is 0.502. The lowest BCUT2D eigenvalue weighted by Gasteiger charge is -2.15. The standard InChI is InChI=1S/C12H20N2S/c1-8(2)7-13-12-14-10-5-4-9(3)6-11(10)15-12/h8-9H,4-7H2,1-3H3,(H,13,14). The number of aromatic nitrogens is 1. The average molecular weight is 224 g/mol. The van der Waals surface area contributed by atoms with Crippen LogP contribution in [-0.2, 0) is 12.8 Å². The molecular weight excluding hydrogens is 204 g/mol. The molecule has 1 aliphatic carbocycles. The first-order valence-electron chi connectivity index (χ1n) is 5.87. The molecule has 0 fully saturated rings. The molecule has 1 unspecified atom stereocenters. The number of hydrogen-bond acceptors (Lipinski definition) is 3. The van der Waals surface area contributed by atoms with Crippen molar-refractivity contribution in [3.63, 3.8) is 0 Å². The molecule has 0 saturated carbocycles. The second-order valence-corrected chi connectivity index (χ2v) is 6.10. The van der Waals surface area contributed by atoms with E-state index in [4.69, 9.17) is 0 Å².